The minimum Gasteiger partial charge on any atom is -0.375 e. The van der Waals surface area contributed by atoms with Gasteiger partial charge in [-0.3, -0.25) is 4.79 Å². The quantitative estimate of drug-likeness (QED) is 0.367. The second kappa shape index (κ2) is 8.62. The van der Waals surface area contributed by atoms with Crippen LogP contribution in [0.4, 0.5) is 0 Å². The molecule has 2 aromatic carbocycles. The van der Waals surface area contributed by atoms with Gasteiger partial charge in [0.2, 0.25) is 0 Å². The molecule has 0 radical (unpaired) electrons. The summed E-state index contributed by atoms with van der Waals surface area (Å²) < 4.78 is 28.0. The summed E-state index contributed by atoms with van der Waals surface area (Å²) in [5.41, 5.74) is 1.34. The minimum absolute atomic E-state index is 0.171. The summed E-state index contributed by atoms with van der Waals surface area (Å²) in [5, 5.41) is 14.3. The van der Waals surface area contributed by atoms with E-state index in [0.717, 1.165) is 5.56 Å². The van der Waals surface area contributed by atoms with Gasteiger partial charge in [-0.2, -0.15) is 0 Å². The molecule has 10 heteroatoms. The van der Waals surface area contributed by atoms with Crippen LogP contribution in [0.1, 0.15) is 12.0 Å². The highest BCUT2D eigenvalue weighted by Gasteiger charge is 2.45. The first kappa shape index (κ1) is 23.5. The Bertz CT molecular complexity index is 1760. The van der Waals surface area contributed by atoms with E-state index >= 15 is 0 Å². The Kier molecular flexibility index (Phi) is 5.48. The predicted molar refractivity (Wildman–Crippen MR) is 141 cm³/mol. The fourth-order valence-electron chi connectivity index (χ4n) is 4.69. The lowest BCUT2D eigenvalue weighted by Crippen LogP contribution is -2.36. The first-order valence-corrected chi connectivity index (χ1v) is 13.9. The number of likely N-dealkylation sites (N-methyl/N-ethyl adjacent to an activating group) is 1. The van der Waals surface area contributed by atoms with Gasteiger partial charge in [0.15, 0.2) is 11.2 Å². The molecule has 0 aliphatic carbocycles. The number of pyridine rings is 1. The van der Waals surface area contributed by atoms with Crippen molar-refractivity contribution in [1.29, 1.82) is 0 Å². The Morgan fingerprint density at radius 1 is 1.05 bits per heavy atom. The van der Waals surface area contributed by atoms with Crippen molar-refractivity contribution in [3.8, 4) is 21.8 Å². The molecule has 1 aliphatic heterocycles. The van der Waals surface area contributed by atoms with E-state index in [2.05, 4.69) is 4.98 Å². The fraction of sp³-hybridized carbons (Fsp3) is 0.148. The molecule has 1 aliphatic rings. The van der Waals surface area contributed by atoms with Crippen LogP contribution in [0.3, 0.4) is 0 Å². The number of likely N-dealkylation sites (tertiary alicyclic amines) is 1. The Morgan fingerprint density at radius 2 is 1.86 bits per heavy atom. The van der Waals surface area contributed by atoms with Gasteiger partial charge < -0.3 is 10.0 Å². The van der Waals surface area contributed by atoms with E-state index < -0.39 is 15.6 Å². The first-order chi connectivity index (χ1) is 17.8. The monoisotopic (exact) mass is 530 g/mol. The fourth-order valence-corrected chi connectivity index (χ4v) is 6.85. The molecule has 1 saturated heterocycles. The van der Waals surface area contributed by atoms with E-state index in [0.29, 0.717) is 45.8 Å². The zero-order valence-electron chi connectivity index (χ0n) is 19.8. The highest BCUT2D eigenvalue weighted by Crippen LogP contribution is 2.38. The molecule has 37 heavy (non-hydrogen) atoms. The predicted octanol–water partition coefficient (Wildman–Crippen LogP) is 4.11. The Hall–Kier alpha value is -3.86. The largest absolute Gasteiger partial charge is 0.375 e. The summed E-state index contributed by atoms with van der Waals surface area (Å²) in [7, 11) is -2.18. The number of fused-ring (bicyclic) bond motifs is 1. The summed E-state index contributed by atoms with van der Waals surface area (Å²) in [6, 6.07) is 19.1. The lowest BCUT2D eigenvalue weighted by molar-refractivity contribution is -0.143. The van der Waals surface area contributed by atoms with Crippen molar-refractivity contribution in [3.63, 3.8) is 0 Å². The molecule has 8 nitrogen and oxygen atoms in total. The van der Waals surface area contributed by atoms with Gasteiger partial charge >= 0.3 is 0 Å². The molecule has 1 fully saturated rings. The smallest absolute Gasteiger partial charge is 0.269 e. The van der Waals surface area contributed by atoms with Crippen LogP contribution in [0.25, 0.3) is 32.9 Å². The maximum atomic E-state index is 13.4. The van der Waals surface area contributed by atoms with Gasteiger partial charge in [0.05, 0.1) is 10.6 Å². The third-order valence-corrected chi connectivity index (χ3v) is 9.26. The average molecular weight is 531 g/mol. The van der Waals surface area contributed by atoms with E-state index in [1.165, 1.54) is 20.2 Å². The van der Waals surface area contributed by atoms with E-state index in [9.17, 15) is 18.3 Å². The number of nitrogens with zero attached hydrogens (tertiary/aromatic N) is 4. The third kappa shape index (κ3) is 3.76. The Labute approximate surface area is 217 Å². The number of hydrogen-bond acceptors (Lipinski definition) is 7. The summed E-state index contributed by atoms with van der Waals surface area (Å²) in [5.74, 6) is -0.315. The zero-order chi connectivity index (χ0) is 25.8. The molecule has 5 aromatic rings. The number of hydrogen-bond donors (Lipinski definition) is 1. The van der Waals surface area contributed by atoms with Crippen LogP contribution in [0, 0.1) is 0 Å². The van der Waals surface area contributed by atoms with E-state index in [4.69, 9.17) is 4.98 Å². The van der Waals surface area contributed by atoms with Gasteiger partial charge in [-0.25, -0.2) is 22.4 Å². The molecule has 0 saturated carbocycles. The molecule has 1 amide bonds. The highest BCUT2D eigenvalue weighted by molar-refractivity contribution is 7.90. The average Bonchev–Trinajstić information content (AvgIpc) is 3.63. The molecular weight excluding hydrogens is 508 g/mol. The number of rotatable bonds is 5. The number of amides is 1. The van der Waals surface area contributed by atoms with E-state index in [1.807, 2.05) is 17.5 Å². The van der Waals surface area contributed by atoms with Crippen LogP contribution < -0.4 is 0 Å². The summed E-state index contributed by atoms with van der Waals surface area (Å²) >= 11 is 1.40. The van der Waals surface area contributed by atoms with Gasteiger partial charge in [0.25, 0.3) is 15.9 Å². The zero-order valence-corrected chi connectivity index (χ0v) is 21.4. The topological polar surface area (TPSA) is 105 Å². The Morgan fingerprint density at radius 3 is 2.62 bits per heavy atom. The van der Waals surface area contributed by atoms with Crippen molar-refractivity contribution < 1.29 is 18.3 Å². The lowest BCUT2D eigenvalue weighted by Gasteiger charge is -2.21. The van der Waals surface area contributed by atoms with Crippen LogP contribution in [0.5, 0.6) is 0 Å². The number of aromatic nitrogens is 3. The number of benzene rings is 2. The first-order valence-electron chi connectivity index (χ1n) is 11.6. The van der Waals surface area contributed by atoms with E-state index in [1.54, 1.807) is 74.0 Å². The second-order valence-corrected chi connectivity index (χ2v) is 11.7. The van der Waals surface area contributed by atoms with Gasteiger partial charge in [-0.15, -0.1) is 11.3 Å². The van der Waals surface area contributed by atoms with Crippen molar-refractivity contribution in [2.24, 2.45) is 0 Å². The molecular formula is C27H22N4O4S2. The molecule has 6 rings (SSSR count). The molecule has 0 unspecified atom stereocenters. The van der Waals surface area contributed by atoms with Crippen molar-refractivity contribution in [3.05, 3.63) is 90.1 Å². The normalized spacial score (nSPS) is 18.1. The van der Waals surface area contributed by atoms with Crippen LogP contribution in [0.2, 0.25) is 0 Å². The standard InChI is InChI=1S/C27H22N4O4S2/c1-30-14-12-27(33,26(30)32)19-8-5-7-18(15-19)25-29-23(17-36-25)22-16-31(24-21(22)11-6-13-28-24)37(34,35)20-9-3-2-4-10-20/h2-11,13,15-17,33H,12,14H2,1H3/t27-/m1/s1. The lowest BCUT2D eigenvalue weighted by atomic mass is 9.91. The SMILES string of the molecule is CN1CC[C@@](O)(c2cccc(-c3nc(-c4cn(S(=O)(=O)c5ccccc5)c5ncccc45)cs3)c2)C1=O. The van der Waals surface area contributed by atoms with Crippen molar-refractivity contribution >= 4 is 38.3 Å². The van der Waals surface area contributed by atoms with Gasteiger partial charge in [-0.1, -0.05) is 36.4 Å². The van der Waals surface area contributed by atoms with Crippen molar-refractivity contribution in [2.75, 3.05) is 13.6 Å². The number of carbonyl (C=O) groups excluding carboxylic acids is 1. The van der Waals surface area contributed by atoms with Gasteiger partial charge in [-0.05, 0) is 35.9 Å². The maximum absolute atomic E-state index is 13.4. The van der Waals surface area contributed by atoms with E-state index in [-0.39, 0.29) is 10.8 Å². The van der Waals surface area contributed by atoms with Crippen LogP contribution in [-0.2, 0) is 20.4 Å². The third-order valence-electron chi connectivity index (χ3n) is 6.71. The van der Waals surface area contributed by atoms with Crippen LogP contribution >= 0.6 is 11.3 Å². The molecule has 4 heterocycles. The van der Waals surface area contributed by atoms with Crippen molar-refractivity contribution in [2.45, 2.75) is 16.9 Å². The Balaban J connectivity index is 1.42. The summed E-state index contributed by atoms with van der Waals surface area (Å²) in [4.78, 5) is 23.4. The molecule has 3 aromatic heterocycles. The molecule has 1 N–H and O–H groups in total. The number of thiazole rings is 1. The van der Waals surface area contributed by atoms with Gasteiger partial charge in [0.1, 0.15) is 5.01 Å². The van der Waals surface area contributed by atoms with Crippen LogP contribution in [0.15, 0.2) is 89.4 Å². The van der Waals surface area contributed by atoms with Crippen LogP contribution in [-0.4, -0.2) is 51.9 Å². The molecule has 1 atom stereocenters. The molecule has 186 valence electrons. The second-order valence-electron chi connectivity index (χ2n) is 8.99. The minimum atomic E-state index is -3.86. The maximum Gasteiger partial charge on any atom is 0.269 e. The molecule has 0 bridgehead atoms. The highest BCUT2D eigenvalue weighted by atomic mass is 32.2. The molecule has 0 spiro atoms. The summed E-state index contributed by atoms with van der Waals surface area (Å²) in [6.45, 7) is 0.491. The number of carbonyl (C=O) groups is 1. The number of aliphatic hydroxyl groups is 1. The summed E-state index contributed by atoms with van der Waals surface area (Å²) in [6.07, 6.45) is 3.45. The van der Waals surface area contributed by atoms with Gasteiger partial charge in [0, 0.05) is 54.3 Å². The van der Waals surface area contributed by atoms with Crippen molar-refractivity contribution in [1.82, 2.24) is 18.8 Å².